The molecule has 0 aliphatic heterocycles. The van der Waals surface area contributed by atoms with E-state index in [4.69, 9.17) is 0 Å². The number of nitrogens with zero attached hydrogens (tertiary/aromatic N) is 2. The minimum absolute atomic E-state index is 0.0316. The predicted octanol–water partition coefficient (Wildman–Crippen LogP) is 5.86. The van der Waals surface area contributed by atoms with E-state index in [1.807, 2.05) is 48.7 Å². The molecule has 0 radical (unpaired) electrons. The van der Waals surface area contributed by atoms with E-state index >= 15 is 0 Å². The van der Waals surface area contributed by atoms with Crippen LogP contribution in [0.5, 0.6) is 0 Å². The molecule has 1 amide bonds. The zero-order chi connectivity index (χ0) is 22.0. The first-order valence-electron chi connectivity index (χ1n) is 9.46. The van der Waals surface area contributed by atoms with Crippen molar-refractivity contribution in [3.8, 4) is 16.3 Å². The Morgan fingerprint density at radius 2 is 1.84 bits per heavy atom. The van der Waals surface area contributed by atoms with Crippen LogP contribution in [0.1, 0.15) is 27.2 Å². The van der Waals surface area contributed by atoms with Gasteiger partial charge in [-0.05, 0) is 54.3 Å². The van der Waals surface area contributed by atoms with E-state index in [0.717, 1.165) is 28.3 Å². The van der Waals surface area contributed by atoms with Crippen LogP contribution in [0.3, 0.4) is 0 Å². The Labute approximate surface area is 181 Å². The van der Waals surface area contributed by atoms with Gasteiger partial charge in [-0.25, -0.2) is 4.68 Å². The van der Waals surface area contributed by atoms with Crippen LogP contribution >= 0.6 is 11.3 Å². The number of nitrogens with one attached hydrogen (secondary N) is 1. The summed E-state index contributed by atoms with van der Waals surface area (Å²) < 4.78 is 40.4. The molecular formula is C23H18F3N3OS. The number of thiophene rings is 1. The van der Waals surface area contributed by atoms with Crippen molar-refractivity contribution in [1.29, 1.82) is 0 Å². The maximum absolute atomic E-state index is 13.0. The lowest BCUT2D eigenvalue weighted by Gasteiger charge is -2.11. The average Bonchev–Trinajstić information content (AvgIpc) is 3.42. The lowest BCUT2D eigenvalue weighted by Crippen LogP contribution is -2.25. The van der Waals surface area contributed by atoms with Crippen LogP contribution in [0.15, 0.2) is 72.1 Å². The molecule has 0 bridgehead atoms. The summed E-state index contributed by atoms with van der Waals surface area (Å²) in [6.07, 6.45) is -4.43. The van der Waals surface area contributed by atoms with Crippen LogP contribution in [0, 0.1) is 6.92 Å². The second-order valence-corrected chi connectivity index (χ2v) is 7.97. The summed E-state index contributed by atoms with van der Waals surface area (Å²) >= 11 is 1.51. The molecular weight excluding hydrogens is 423 g/mol. The van der Waals surface area contributed by atoms with E-state index < -0.39 is 17.6 Å². The van der Waals surface area contributed by atoms with Crippen molar-refractivity contribution in [3.63, 3.8) is 0 Å². The Bertz CT molecular complexity index is 1200. The molecule has 0 aliphatic rings. The highest BCUT2D eigenvalue weighted by Crippen LogP contribution is 2.30. The highest BCUT2D eigenvalue weighted by molar-refractivity contribution is 7.13. The minimum Gasteiger partial charge on any atom is -0.347 e. The number of benzene rings is 2. The van der Waals surface area contributed by atoms with Gasteiger partial charge in [0.25, 0.3) is 5.91 Å². The van der Waals surface area contributed by atoms with Gasteiger partial charge in [-0.2, -0.15) is 18.3 Å². The average molecular weight is 441 g/mol. The first kappa shape index (κ1) is 20.9. The van der Waals surface area contributed by atoms with E-state index in [1.165, 1.54) is 17.4 Å². The van der Waals surface area contributed by atoms with Gasteiger partial charge in [-0.15, -0.1) is 11.3 Å². The maximum Gasteiger partial charge on any atom is 0.416 e. The van der Waals surface area contributed by atoms with Gasteiger partial charge in [0.05, 0.1) is 16.1 Å². The molecule has 0 unspecified atom stereocenters. The highest BCUT2D eigenvalue weighted by atomic mass is 32.1. The predicted molar refractivity (Wildman–Crippen MR) is 114 cm³/mol. The molecule has 2 aromatic carbocycles. The second kappa shape index (κ2) is 8.39. The zero-order valence-electron chi connectivity index (χ0n) is 16.5. The summed E-state index contributed by atoms with van der Waals surface area (Å²) in [6, 6.07) is 18.0. The number of halogens is 3. The summed E-state index contributed by atoms with van der Waals surface area (Å²) in [6.45, 7) is 1.93. The van der Waals surface area contributed by atoms with Crippen molar-refractivity contribution in [2.75, 3.05) is 0 Å². The first-order valence-corrected chi connectivity index (χ1v) is 10.3. The van der Waals surface area contributed by atoms with E-state index in [0.29, 0.717) is 17.0 Å². The number of rotatable bonds is 5. The Morgan fingerprint density at radius 1 is 1.06 bits per heavy atom. The molecule has 0 atom stereocenters. The molecule has 1 N–H and O–H groups in total. The van der Waals surface area contributed by atoms with Crippen LogP contribution < -0.4 is 5.32 Å². The van der Waals surface area contributed by atoms with Crippen LogP contribution in [0.25, 0.3) is 16.3 Å². The van der Waals surface area contributed by atoms with Gasteiger partial charge in [-0.1, -0.05) is 35.9 Å². The van der Waals surface area contributed by atoms with E-state index in [2.05, 4.69) is 10.4 Å². The second-order valence-electron chi connectivity index (χ2n) is 7.02. The van der Waals surface area contributed by atoms with Gasteiger partial charge < -0.3 is 5.32 Å². The van der Waals surface area contributed by atoms with Gasteiger partial charge in [0.2, 0.25) is 0 Å². The number of hydrogen-bond donors (Lipinski definition) is 1. The van der Waals surface area contributed by atoms with Crippen LogP contribution in [-0.2, 0) is 12.7 Å². The van der Waals surface area contributed by atoms with Gasteiger partial charge in [0.1, 0.15) is 11.4 Å². The van der Waals surface area contributed by atoms with Crippen molar-refractivity contribution in [1.82, 2.24) is 15.1 Å². The van der Waals surface area contributed by atoms with Crippen molar-refractivity contribution >= 4 is 17.2 Å². The van der Waals surface area contributed by atoms with Crippen molar-refractivity contribution in [2.24, 2.45) is 0 Å². The number of amides is 1. The largest absolute Gasteiger partial charge is 0.416 e. The summed E-state index contributed by atoms with van der Waals surface area (Å²) in [4.78, 5) is 13.9. The number of carbonyl (C=O) groups excluding carboxylic acids is 1. The number of aryl methyl sites for hydroxylation is 1. The SMILES string of the molecule is Cc1ccc(-n2nc(-c3cccs3)cc2C(=O)NCc2cccc(C(F)(F)F)c2)cc1. The van der Waals surface area contributed by atoms with Crippen molar-refractivity contribution in [2.45, 2.75) is 19.6 Å². The maximum atomic E-state index is 13.0. The molecule has 4 nitrogen and oxygen atoms in total. The zero-order valence-corrected chi connectivity index (χ0v) is 17.3. The van der Waals surface area contributed by atoms with E-state index in [9.17, 15) is 18.0 Å². The summed E-state index contributed by atoms with van der Waals surface area (Å²) in [5, 5.41) is 9.23. The quantitative estimate of drug-likeness (QED) is 0.422. The van der Waals surface area contributed by atoms with Crippen LogP contribution in [-0.4, -0.2) is 15.7 Å². The Morgan fingerprint density at radius 3 is 2.52 bits per heavy atom. The molecule has 0 saturated carbocycles. The van der Waals surface area contributed by atoms with Gasteiger partial charge in [0.15, 0.2) is 0 Å². The summed E-state index contributed by atoms with van der Waals surface area (Å²) in [5.74, 6) is -0.423. The highest BCUT2D eigenvalue weighted by Gasteiger charge is 2.30. The molecule has 8 heteroatoms. The van der Waals surface area contributed by atoms with E-state index in [1.54, 1.807) is 16.8 Å². The molecule has 2 heterocycles. The van der Waals surface area contributed by atoms with Crippen molar-refractivity contribution < 1.29 is 18.0 Å². The number of carbonyl (C=O) groups is 1. The van der Waals surface area contributed by atoms with E-state index in [-0.39, 0.29) is 6.54 Å². The molecule has 2 aromatic heterocycles. The van der Waals surface area contributed by atoms with Gasteiger partial charge in [0, 0.05) is 6.54 Å². The molecule has 0 aliphatic carbocycles. The minimum atomic E-state index is -4.43. The van der Waals surface area contributed by atoms with Crippen LogP contribution in [0.2, 0.25) is 0 Å². The fraction of sp³-hybridized carbons (Fsp3) is 0.130. The molecule has 31 heavy (non-hydrogen) atoms. The van der Waals surface area contributed by atoms with Crippen LogP contribution in [0.4, 0.5) is 13.2 Å². The smallest absolute Gasteiger partial charge is 0.347 e. The fourth-order valence-corrected chi connectivity index (χ4v) is 3.78. The molecule has 158 valence electrons. The normalized spacial score (nSPS) is 11.5. The number of alkyl halides is 3. The number of hydrogen-bond acceptors (Lipinski definition) is 3. The summed E-state index contributed by atoms with van der Waals surface area (Å²) in [7, 11) is 0. The molecule has 0 fully saturated rings. The third kappa shape index (κ3) is 4.69. The Balaban J connectivity index is 1.62. The third-order valence-electron chi connectivity index (χ3n) is 4.70. The van der Waals surface area contributed by atoms with Gasteiger partial charge in [-0.3, -0.25) is 4.79 Å². The monoisotopic (exact) mass is 441 g/mol. The molecule has 0 saturated heterocycles. The molecule has 0 spiro atoms. The first-order chi connectivity index (χ1) is 14.8. The standard InChI is InChI=1S/C23H18F3N3OS/c1-15-7-9-18(10-8-15)29-20(13-19(28-29)21-6-3-11-31-21)22(30)27-14-16-4-2-5-17(12-16)23(24,25)26/h2-13H,14H2,1H3,(H,27,30). The fourth-order valence-electron chi connectivity index (χ4n) is 3.10. The molecule has 4 rings (SSSR count). The Kier molecular flexibility index (Phi) is 5.65. The van der Waals surface area contributed by atoms with Crippen molar-refractivity contribution in [3.05, 3.63) is 94.5 Å². The van der Waals surface area contributed by atoms with Gasteiger partial charge >= 0.3 is 6.18 Å². The lowest BCUT2D eigenvalue weighted by atomic mass is 10.1. The summed E-state index contributed by atoms with van der Waals surface area (Å²) in [5.41, 5.74) is 2.37. The topological polar surface area (TPSA) is 46.9 Å². The lowest BCUT2D eigenvalue weighted by molar-refractivity contribution is -0.137. The number of aromatic nitrogens is 2. The Hall–Kier alpha value is -3.39. The third-order valence-corrected chi connectivity index (χ3v) is 5.59. The molecule has 4 aromatic rings.